The lowest BCUT2D eigenvalue weighted by atomic mass is 10.1. The molecule has 0 unspecified atom stereocenters. The van der Waals surface area contributed by atoms with Crippen LogP contribution in [0, 0.1) is 5.82 Å². The fourth-order valence-electron chi connectivity index (χ4n) is 2.28. The summed E-state index contributed by atoms with van der Waals surface area (Å²) in [5.41, 5.74) is 1.35. The number of anilines is 1. The number of nitrogens with zero attached hydrogens (tertiary/aromatic N) is 2. The van der Waals surface area contributed by atoms with Gasteiger partial charge in [-0.1, -0.05) is 31.1 Å². The third-order valence-electron chi connectivity index (χ3n) is 3.44. The maximum Gasteiger partial charge on any atom is 0.322 e. The van der Waals surface area contributed by atoms with Gasteiger partial charge in [-0.15, -0.1) is 16.9 Å². The SMILES string of the molecule is CC(C)Sc1ccc(Cc2nnc(NC(=O)c3ccc(F)cc3)o2)cc1. The zero-order valence-corrected chi connectivity index (χ0v) is 15.2. The Morgan fingerprint density at radius 3 is 2.46 bits per heavy atom. The number of aromatic nitrogens is 2. The molecule has 1 heterocycles. The van der Waals surface area contributed by atoms with Crippen molar-refractivity contribution >= 4 is 23.7 Å². The second-order valence-electron chi connectivity index (χ2n) is 5.95. The number of carbonyl (C=O) groups excluding carboxylic acids is 1. The molecule has 0 aliphatic carbocycles. The molecule has 7 heteroatoms. The van der Waals surface area contributed by atoms with E-state index in [1.807, 2.05) is 12.1 Å². The van der Waals surface area contributed by atoms with Crippen molar-refractivity contribution in [2.45, 2.75) is 30.4 Å². The molecule has 1 amide bonds. The van der Waals surface area contributed by atoms with Crippen molar-refractivity contribution in [3.63, 3.8) is 0 Å². The smallest absolute Gasteiger partial charge is 0.322 e. The highest BCUT2D eigenvalue weighted by atomic mass is 32.2. The molecule has 0 bridgehead atoms. The summed E-state index contributed by atoms with van der Waals surface area (Å²) in [6.07, 6.45) is 0.478. The Morgan fingerprint density at radius 2 is 1.81 bits per heavy atom. The van der Waals surface area contributed by atoms with Crippen LogP contribution in [0.4, 0.5) is 10.4 Å². The molecule has 0 aliphatic rings. The second-order valence-corrected chi connectivity index (χ2v) is 7.60. The Kier molecular flexibility index (Phi) is 5.68. The van der Waals surface area contributed by atoms with E-state index < -0.39 is 11.7 Å². The Balaban J connectivity index is 1.60. The van der Waals surface area contributed by atoms with Gasteiger partial charge < -0.3 is 4.42 Å². The molecular formula is C19H18FN3O2S. The monoisotopic (exact) mass is 371 g/mol. The molecule has 3 rings (SSSR count). The molecule has 0 fully saturated rings. The molecule has 0 saturated carbocycles. The summed E-state index contributed by atoms with van der Waals surface area (Å²) in [6, 6.07) is 13.4. The van der Waals surface area contributed by atoms with Crippen LogP contribution < -0.4 is 5.32 Å². The molecule has 26 heavy (non-hydrogen) atoms. The number of carbonyl (C=O) groups is 1. The summed E-state index contributed by atoms with van der Waals surface area (Å²) >= 11 is 1.80. The molecule has 134 valence electrons. The van der Waals surface area contributed by atoms with Gasteiger partial charge in [0.25, 0.3) is 5.91 Å². The van der Waals surface area contributed by atoms with E-state index in [4.69, 9.17) is 4.42 Å². The predicted octanol–water partition coefficient (Wildman–Crippen LogP) is 4.55. The molecule has 0 saturated heterocycles. The highest BCUT2D eigenvalue weighted by Gasteiger charge is 2.12. The van der Waals surface area contributed by atoms with Crippen molar-refractivity contribution in [2.75, 3.05) is 5.32 Å². The largest absolute Gasteiger partial charge is 0.407 e. The Hall–Kier alpha value is -2.67. The first kappa shape index (κ1) is 18.1. The van der Waals surface area contributed by atoms with Gasteiger partial charge in [-0.05, 0) is 42.0 Å². The summed E-state index contributed by atoms with van der Waals surface area (Å²) in [5.74, 6) is -0.432. The minimum absolute atomic E-state index is 0.0151. The zero-order valence-electron chi connectivity index (χ0n) is 14.4. The molecule has 3 aromatic rings. The van der Waals surface area contributed by atoms with Crippen LogP contribution in [0.3, 0.4) is 0 Å². The molecule has 0 radical (unpaired) electrons. The molecule has 1 aromatic heterocycles. The average molecular weight is 371 g/mol. The van der Waals surface area contributed by atoms with Crippen LogP contribution >= 0.6 is 11.8 Å². The van der Waals surface area contributed by atoms with E-state index in [0.29, 0.717) is 23.1 Å². The quantitative estimate of drug-likeness (QED) is 0.644. The minimum atomic E-state index is -0.435. The fraction of sp³-hybridized carbons (Fsp3) is 0.211. The van der Waals surface area contributed by atoms with Crippen LogP contribution in [0.2, 0.25) is 0 Å². The maximum atomic E-state index is 12.9. The minimum Gasteiger partial charge on any atom is -0.407 e. The first-order valence-corrected chi connectivity index (χ1v) is 9.02. The van der Waals surface area contributed by atoms with Gasteiger partial charge in [0, 0.05) is 15.7 Å². The lowest BCUT2D eigenvalue weighted by molar-refractivity contribution is 0.102. The molecule has 0 spiro atoms. The Morgan fingerprint density at radius 1 is 1.12 bits per heavy atom. The van der Waals surface area contributed by atoms with Gasteiger partial charge in [-0.2, -0.15) is 0 Å². The first-order chi connectivity index (χ1) is 12.5. The van der Waals surface area contributed by atoms with Crippen LogP contribution in [0.1, 0.15) is 35.7 Å². The van der Waals surface area contributed by atoms with Gasteiger partial charge in [0.2, 0.25) is 5.89 Å². The number of benzene rings is 2. The van der Waals surface area contributed by atoms with E-state index in [1.165, 1.54) is 29.2 Å². The summed E-state index contributed by atoms with van der Waals surface area (Å²) in [4.78, 5) is 13.3. The van der Waals surface area contributed by atoms with Crippen molar-refractivity contribution in [2.24, 2.45) is 0 Å². The molecular weight excluding hydrogens is 353 g/mol. The van der Waals surface area contributed by atoms with Gasteiger partial charge in [0.05, 0.1) is 6.42 Å². The number of thioether (sulfide) groups is 1. The number of halogens is 1. The third-order valence-corrected chi connectivity index (χ3v) is 4.46. The lowest BCUT2D eigenvalue weighted by Crippen LogP contribution is -2.12. The van der Waals surface area contributed by atoms with Crippen LogP contribution in [-0.4, -0.2) is 21.4 Å². The van der Waals surface area contributed by atoms with Crippen molar-refractivity contribution in [1.29, 1.82) is 0 Å². The van der Waals surface area contributed by atoms with Crippen LogP contribution in [0.15, 0.2) is 57.8 Å². The first-order valence-electron chi connectivity index (χ1n) is 8.14. The van der Waals surface area contributed by atoms with E-state index in [0.717, 1.165) is 5.56 Å². The average Bonchev–Trinajstić information content (AvgIpc) is 3.03. The maximum absolute atomic E-state index is 12.9. The van der Waals surface area contributed by atoms with Crippen LogP contribution in [0.5, 0.6) is 0 Å². The zero-order chi connectivity index (χ0) is 18.5. The second kappa shape index (κ2) is 8.14. The number of rotatable bonds is 6. The summed E-state index contributed by atoms with van der Waals surface area (Å²) in [6.45, 7) is 4.30. The molecule has 2 aromatic carbocycles. The number of hydrogen-bond acceptors (Lipinski definition) is 5. The van der Waals surface area contributed by atoms with Crippen LogP contribution in [-0.2, 0) is 6.42 Å². The lowest BCUT2D eigenvalue weighted by Gasteiger charge is -2.05. The summed E-state index contributed by atoms with van der Waals surface area (Å²) in [5, 5.41) is 10.8. The van der Waals surface area contributed by atoms with Crippen molar-refractivity contribution < 1.29 is 13.6 Å². The van der Waals surface area contributed by atoms with Crippen molar-refractivity contribution in [1.82, 2.24) is 10.2 Å². The third kappa shape index (κ3) is 4.92. The molecule has 0 aliphatic heterocycles. The van der Waals surface area contributed by atoms with E-state index >= 15 is 0 Å². The van der Waals surface area contributed by atoms with Crippen LogP contribution in [0.25, 0.3) is 0 Å². The van der Waals surface area contributed by atoms with Crippen molar-refractivity contribution in [3.8, 4) is 0 Å². The molecule has 0 atom stereocenters. The normalized spacial score (nSPS) is 10.9. The summed E-state index contributed by atoms with van der Waals surface area (Å²) in [7, 11) is 0. The Labute approximate surface area is 155 Å². The standard InChI is InChI=1S/C19H18FN3O2S/c1-12(2)26-16-9-3-13(4-10-16)11-17-22-23-19(25-17)21-18(24)14-5-7-15(20)8-6-14/h3-10,12H,11H2,1-2H3,(H,21,23,24). The van der Waals surface area contributed by atoms with Gasteiger partial charge in [0.1, 0.15) is 5.82 Å². The topological polar surface area (TPSA) is 68.0 Å². The predicted molar refractivity (Wildman–Crippen MR) is 98.9 cm³/mol. The van der Waals surface area contributed by atoms with E-state index in [1.54, 1.807) is 11.8 Å². The van der Waals surface area contributed by atoms with Crippen molar-refractivity contribution in [3.05, 3.63) is 71.4 Å². The molecule has 1 N–H and O–H groups in total. The summed E-state index contributed by atoms with van der Waals surface area (Å²) < 4.78 is 18.4. The van der Waals surface area contributed by atoms with Gasteiger partial charge in [-0.25, -0.2) is 4.39 Å². The van der Waals surface area contributed by atoms with Gasteiger partial charge in [0.15, 0.2) is 0 Å². The molecule has 5 nitrogen and oxygen atoms in total. The van der Waals surface area contributed by atoms with E-state index in [9.17, 15) is 9.18 Å². The Bertz CT molecular complexity index is 877. The highest BCUT2D eigenvalue weighted by molar-refractivity contribution is 7.99. The number of amides is 1. The van der Waals surface area contributed by atoms with Gasteiger partial charge in [-0.3, -0.25) is 10.1 Å². The van der Waals surface area contributed by atoms with Gasteiger partial charge >= 0.3 is 6.01 Å². The highest BCUT2D eigenvalue weighted by Crippen LogP contribution is 2.23. The van der Waals surface area contributed by atoms with E-state index in [2.05, 4.69) is 41.5 Å². The van der Waals surface area contributed by atoms with E-state index in [-0.39, 0.29) is 6.01 Å². The number of hydrogen-bond donors (Lipinski definition) is 1. The fourth-order valence-corrected chi connectivity index (χ4v) is 3.12. The number of nitrogens with one attached hydrogen (secondary N) is 1.